The van der Waals surface area contributed by atoms with Crippen LogP contribution in [-0.4, -0.2) is 19.0 Å². The van der Waals surface area contributed by atoms with Crippen LogP contribution in [0.25, 0.3) is 0 Å². The maximum Gasteiger partial charge on any atom is 0.224 e. The Labute approximate surface area is 125 Å². The molecule has 1 aliphatic heterocycles. The van der Waals surface area contributed by atoms with Gasteiger partial charge in [-0.15, -0.1) is 12.4 Å². The molecule has 0 aromatic heterocycles. The van der Waals surface area contributed by atoms with Crippen molar-refractivity contribution in [2.24, 2.45) is 5.92 Å². The molecule has 0 spiro atoms. The summed E-state index contributed by atoms with van der Waals surface area (Å²) in [6, 6.07) is 5.66. The van der Waals surface area contributed by atoms with Gasteiger partial charge in [-0.3, -0.25) is 4.79 Å². The first kappa shape index (κ1) is 16.3. The molecule has 0 saturated carbocycles. The molecule has 1 atom stereocenters. The third-order valence-electron chi connectivity index (χ3n) is 3.34. The van der Waals surface area contributed by atoms with Gasteiger partial charge in [0.1, 0.15) is 0 Å². The summed E-state index contributed by atoms with van der Waals surface area (Å²) in [5.41, 5.74) is 1.80. The Bertz CT molecular complexity index is 431. The maximum absolute atomic E-state index is 11.8. The number of nitrogens with one attached hydrogen (secondary N) is 2. The smallest absolute Gasteiger partial charge is 0.224 e. The number of amides is 1. The van der Waals surface area contributed by atoms with E-state index in [4.69, 9.17) is 11.6 Å². The van der Waals surface area contributed by atoms with Gasteiger partial charge < -0.3 is 10.6 Å². The van der Waals surface area contributed by atoms with Gasteiger partial charge >= 0.3 is 0 Å². The van der Waals surface area contributed by atoms with E-state index in [2.05, 4.69) is 10.6 Å². The van der Waals surface area contributed by atoms with E-state index in [1.165, 1.54) is 6.42 Å². The lowest BCUT2D eigenvalue weighted by atomic mass is 10.0. The molecule has 106 valence electrons. The monoisotopic (exact) mass is 302 g/mol. The van der Waals surface area contributed by atoms with Crippen LogP contribution in [0.4, 0.5) is 5.69 Å². The summed E-state index contributed by atoms with van der Waals surface area (Å²) in [5, 5.41) is 6.78. The molecule has 1 amide bonds. The zero-order chi connectivity index (χ0) is 13.0. The summed E-state index contributed by atoms with van der Waals surface area (Å²) < 4.78 is 0. The van der Waals surface area contributed by atoms with Crippen LogP contribution >= 0.6 is 24.0 Å². The van der Waals surface area contributed by atoms with Gasteiger partial charge in [0.05, 0.1) is 10.7 Å². The highest BCUT2D eigenvalue weighted by Crippen LogP contribution is 2.23. The van der Waals surface area contributed by atoms with E-state index in [1.54, 1.807) is 0 Å². The van der Waals surface area contributed by atoms with Crippen molar-refractivity contribution in [2.45, 2.75) is 26.2 Å². The van der Waals surface area contributed by atoms with Gasteiger partial charge in [-0.1, -0.05) is 17.7 Å². The van der Waals surface area contributed by atoms with Crippen molar-refractivity contribution in [3.63, 3.8) is 0 Å². The first-order chi connectivity index (χ1) is 8.65. The van der Waals surface area contributed by atoms with Gasteiger partial charge in [-0.05, 0) is 56.5 Å². The lowest BCUT2D eigenvalue weighted by Gasteiger charge is -2.10. The Morgan fingerprint density at radius 1 is 1.53 bits per heavy atom. The van der Waals surface area contributed by atoms with E-state index in [9.17, 15) is 4.79 Å². The average Bonchev–Trinajstić information content (AvgIpc) is 2.83. The summed E-state index contributed by atoms with van der Waals surface area (Å²) >= 11 is 6.08. The third kappa shape index (κ3) is 5.01. The van der Waals surface area contributed by atoms with Gasteiger partial charge in [0.2, 0.25) is 5.91 Å². The third-order valence-corrected chi connectivity index (χ3v) is 3.65. The minimum atomic E-state index is 0. The Morgan fingerprint density at radius 3 is 2.95 bits per heavy atom. The van der Waals surface area contributed by atoms with E-state index < -0.39 is 0 Å². The van der Waals surface area contributed by atoms with Crippen molar-refractivity contribution in [2.75, 3.05) is 18.4 Å². The summed E-state index contributed by atoms with van der Waals surface area (Å²) in [5.74, 6) is 0.692. The number of hydrogen-bond donors (Lipinski definition) is 2. The standard InChI is InChI=1S/C14H19ClN2O.ClH/c1-10-2-4-13(12(15)8-10)17-14(18)5-3-11-6-7-16-9-11;/h2,4,8,11,16H,3,5-7,9H2,1H3,(H,17,18);1H. The van der Waals surface area contributed by atoms with Crippen molar-refractivity contribution < 1.29 is 4.79 Å². The molecule has 19 heavy (non-hydrogen) atoms. The quantitative estimate of drug-likeness (QED) is 0.895. The number of anilines is 1. The molecule has 5 heteroatoms. The number of rotatable bonds is 4. The predicted molar refractivity (Wildman–Crippen MR) is 82.3 cm³/mol. The largest absolute Gasteiger partial charge is 0.325 e. The van der Waals surface area contributed by atoms with E-state index >= 15 is 0 Å². The molecular formula is C14H20Cl2N2O. The Kier molecular flexibility index (Phi) is 6.63. The van der Waals surface area contributed by atoms with Crippen LogP contribution in [0.2, 0.25) is 5.02 Å². The number of aryl methyl sites for hydroxylation is 1. The first-order valence-electron chi connectivity index (χ1n) is 6.42. The fourth-order valence-corrected chi connectivity index (χ4v) is 2.51. The Balaban J connectivity index is 0.00000180. The summed E-state index contributed by atoms with van der Waals surface area (Å²) in [6.45, 7) is 4.10. The fourth-order valence-electron chi connectivity index (χ4n) is 2.23. The van der Waals surface area contributed by atoms with Crippen LogP contribution in [0.15, 0.2) is 18.2 Å². The molecule has 3 nitrogen and oxygen atoms in total. The Morgan fingerprint density at radius 2 is 2.32 bits per heavy atom. The summed E-state index contributed by atoms with van der Waals surface area (Å²) in [7, 11) is 0. The van der Waals surface area contributed by atoms with Gasteiger partial charge in [0, 0.05) is 6.42 Å². The molecule has 1 fully saturated rings. The van der Waals surface area contributed by atoms with E-state index in [1.807, 2.05) is 25.1 Å². The number of hydrogen-bond acceptors (Lipinski definition) is 2. The average molecular weight is 303 g/mol. The second kappa shape index (κ2) is 7.73. The summed E-state index contributed by atoms with van der Waals surface area (Å²) in [6.07, 6.45) is 2.69. The van der Waals surface area contributed by atoms with E-state index in [0.29, 0.717) is 23.0 Å². The maximum atomic E-state index is 11.8. The van der Waals surface area contributed by atoms with Crippen molar-refractivity contribution in [1.29, 1.82) is 0 Å². The minimum absolute atomic E-state index is 0. The Hall–Kier alpha value is -0.770. The molecule has 0 bridgehead atoms. The van der Waals surface area contributed by atoms with Crippen molar-refractivity contribution >= 4 is 35.6 Å². The highest BCUT2D eigenvalue weighted by molar-refractivity contribution is 6.33. The van der Waals surface area contributed by atoms with E-state index in [-0.39, 0.29) is 18.3 Å². The van der Waals surface area contributed by atoms with Crippen molar-refractivity contribution in [3.05, 3.63) is 28.8 Å². The van der Waals surface area contributed by atoms with Gasteiger partial charge in [0.15, 0.2) is 0 Å². The number of carbonyl (C=O) groups excluding carboxylic acids is 1. The SMILES string of the molecule is Cc1ccc(NC(=O)CCC2CCNC2)c(Cl)c1.Cl. The van der Waals surface area contributed by atoms with Gasteiger partial charge in [0.25, 0.3) is 0 Å². The second-order valence-electron chi connectivity index (χ2n) is 4.93. The zero-order valence-corrected chi connectivity index (χ0v) is 12.6. The highest BCUT2D eigenvalue weighted by Gasteiger charge is 2.16. The van der Waals surface area contributed by atoms with Crippen LogP contribution in [0.1, 0.15) is 24.8 Å². The molecule has 1 unspecified atom stereocenters. The second-order valence-corrected chi connectivity index (χ2v) is 5.34. The van der Waals surface area contributed by atoms with Gasteiger partial charge in [-0.2, -0.15) is 0 Å². The van der Waals surface area contributed by atoms with Crippen LogP contribution in [-0.2, 0) is 4.79 Å². The van der Waals surface area contributed by atoms with Gasteiger partial charge in [-0.25, -0.2) is 0 Å². The lowest BCUT2D eigenvalue weighted by Crippen LogP contribution is -2.15. The van der Waals surface area contributed by atoms with Crippen molar-refractivity contribution in [1.82, 2.24) is 5.32 Å². The molecule has 0 radical (unpaired) electrons. The predicted octanol–water partition coefficient (Wildman–Crippen LogP) is 3.40. The number of benzene rings is 1. The molecule has 1 aromatic carbocycles. The molecule has 1 heterocycles. The molecule has 1 aliphatic rings. The van der Waals surface area contributed by atoms with Crippen LogP contribution in [0.3, 0.4) is 0 Å². The first-order valence-corrected chi connectivity index (χ1v) is 6.79. The molecule has 0 aliphatic carbocycles. The molecule has 2 N–H and O–H groups in total. The van der Waals surface area contributed by atoms with Crippen LogP contribution < -0.4 is 10.6 Å². The molecule has 1 saturated heterocycles. The molecular weight excluding hydrogens is 283 g/mol. The minimum Gasteiger partial charge on any atom is -0.325 e. The van der Waals surface area contributed by atoms with E-state index in [0.717, 1.165) is 25.1 Å². The normalized spacial score (nSPS) is 17.9. The highest BCUT2D eigenvalue weighted by atomic mass is 35.5. The number of halogens is 2. The lowest BCUT2D eigenvalue weighted by molar-refractivity contribution is -0.116. The molecule has 2 rings (SSSR count). The molecule has 1 aromatic rings. The topological polar surface area (TPSA) is 41.1 Å². The summed E-state index contributed by atoms with van der Waals surface area (Å²) in [4.78, 5) is 11.8. The van der Waals surface area contributed by atoms with Crippen LogP contribution in [0, 0.1) is 12.8 Å². The fraction of sp³-hybridized carbons (Fsp3) is 0.500. The van der Waals surface area contributed by atoms with Crippen molar-refractivity contribution in [3.8, 4) is 0 Å². The van der Waals surface area contributed by atoms with Crippen LogP contribution in [0.5, 0.6) is 0 Å². The zero-order valence-electron chi connectivity index (χ0n) is 11.0. The number of carbonyl (C=O) groups is 1.